The number of hydrogen-bond donors (Lipinski definition) is 1. The number of halogens is 3. The van der Waals surface area contributed by atoms with E-state index in [1.165, 1.54) is 0 Å². The van der Waals surface area contributed by atoms with E-state index in [9.17, 15) is 13.2 Å². The summed E-state index contributed by atoms with van der Waals surface area (Å²) in [5, 5.41) is 0. The highest BCUT2D eigenvalue weighted by Gasteiger charge is 2.36. The van der Waals surface area contributed by atoms with Crippen LogP contribution in [0.5, 0.6) is 0 Å². The normalized spacial score (nSPS) is 14.2. The second-order valence-corrected chi connectivity index (χ2v) is 3.55. The lowest BCUT2D eigenvalue weighted by molar-refractivity contribution is -0.147. The number of pyridine rings is 1. The zero-order valence-corrected chi connectivity index (χ0v) is 8.28. The Kier molecular flexibility index (Phi) is 2.59. The first kappa shape index (κ1) is 10.9. The van der Waals surface area contributed by atoms with Gasteiger partial charge in [0.15, 0.2) is 0 Å². The van der Waals surface area contributed by atoms with Gasteiger partial charge in [0, 0.05) is 18.8 Å². The Morgan fingerprint density at radius 1 is 1.38 bits per heavy atom. The molecule has 0 aliphatic heterocycles. The molecule has 0 saturated heterocycles. The third kappa shape index (κ3) is 2.16. The Hall–Kier alpha value is -1.56. The van der Waals surface area contributed by atoms with Crippen LogP contribution in [0.25, 0.3) is 5.65 Å². The number of fused-ring (bicyclic) bond motifs is 1. The fourth-order valence-corrected chi connectivity index (χ4v) is 1.43. The molecule has 3 nitrogen and oxygen atoms in total. The van der Waals surface area contributed by atoms with Gasteiger partial charge in [0.05, 0.1) is 5.69 Å². The highest BCUT2D eigenvalue weighted by molar-refractivity contribution is 5.39. The van der Waals surface area contributed by atoms with Gasteiger partial charge >= 0.3 is 6.18 Å². The van der Waals surface area contributed by atoms with E-state index in [1.807, 2.05) is 0 Å². The standard InChI is InChI=1S/C10H10F3N3/c11-10(12,13)8(14)5-7-6-16-4-2-1-3-9(16)15-7/h1-4,6,8H,5,14H2. The van der Waals surface area contributed by atoms with Gasteiger partial charge in [0.2, 0.25) is 0 Å². The van der Waals surface area contributed by atoms with Crippen molar-refractivity contribution < 1.29 is 13.2 Å². The molecule has 2 aromatic heterocycles. The first-order valence-electron chi connectivity index (χ1n) is 4.72. The Morgan fingerprint density at radius 2 is 2.12 bits per heavy atom. The number of nitrogens with two attached hydrogens (primary N) is 1. The summed E-state index contributed by atoms with van der Waals surface area (Å²) in [6.45, 7) is 0. The molecule has 0 saturated carbocycles. The summed E-state index contributed by atoms with van der Waals surface area (Å²) in [6, 6.07) is 3.41. The second-order valence-electron chi connectivity index (χ2n) is 3.55. The molecule has 2 rings (SSSR count). The number of imidazole rings is 1. The molecular formula is C10H10F3N3. The summed E-state index contributed by atoms with van der Waals surface area (Å²) in [5.74, 6) is 0. The summed E-state index contributed by atoms with van der Waals surface area (Å²) < 4.78 is 38.4. The molecule has 1 atom stereocenters. The molecule has 86 valence electrons. The van der Waals surface area contributed by atoms with Crippen LogP contribution in [0.15, 0.2) is 30.6 Å². The highest BCUT2D eigenvalue weighted by Crippen LogP contribution is 2.21. The quantitative estimate of drug-likeness (QED) is 0.852. The summed E-state index contributed by atoms with van der Waals surface area (Å²) in [5.41, 5.74) is 5.99. The molecule has 0 bridgehead atoms. The zero-order chi connectivity index (χ0) is 11.8. The van der Waals surface area contributed by atoms with Crippen molar-refractivity contribution in [3.63, 3.8) is 0 Å². The van der Waals surface area contributed by atoms with Gasteiger partial charge in [-0.25, -0.2) is 4.98 Å². The van der Waals surface area contributed by atoms with Crippen LogP contribution in [-0.2, 0) is 6.42 Å². The summed E-state index contributed by atoms with van der Waals surface area (Å²) in [4.78, 5) is 4.05. The van der Waals surface area contributed by atoms with E-state index in [0.717, 1.165) is 0 Å². The maximum absolute atomic E-state index is 12.2. The van der Waals surface area contributed by atoms with Crippen LogP contribution in [-0.4, -0.2) is 21.6 Å². The van der Waals surface area contributed by atoms with E-state index in [-0.39, 0.29) is 6.42 Å². The molecule has 0 radical (unpaired) electrons. The van der Waals surface area contributed by atoms with Gasteiger partial charge in [-0.3, -0.25) is 0 Å². The molecule has 0 spiro atoms. The highest BCUT2D eigenvalue weighted by atomic mass is 19.4. The Morgan fingerprint density at radius 3 is 2.75 bits per heavy atom. The maximum Gasteiger partial charge on any atom is 0.404 e. The lowest BCUT2D eigenvalue weighted by atomic mass is 10.2. The molecule has 2 aromatic rings. The first-order valence-corrected chi connectivity index (χ1v) is 4.72. The first-order chi connectivity index (χ1) is 7.47. The Balaban J connectivity index is 2.22. The van der Waals surface area contributed by atoms with Crippen molar-refractivity contribution in [2.75, 3.05) is 0 Å². The lowest BCUT2D eigenvalue weighted by Gasteiger charge is -2.13. The van der Waals surface area contributed by atoms with Crippen LogP contribution in [0.4, 0.5) is 13.2 Å². The molecule has 6 heteroatoms. The van der Waals surface area contributed by atoms with E-state index in [1.54, 1.807) is 35.0 Å². The molecule has 0 aromatic carbocycles. The zero-order valence-electron chi connectivity index (χ0n) is 8.28. The fraction of sp³-hybridized carbons (Fsp3) is 0.300. The number of rotatable bonds is 2. The van der Waals surface area contributed by atoms with Crippen molar-refractivity contribution in [1.29, 1.82) is 0 Å². The average Bonchev–Trinajstić information content (AvgIpc) is 2.58. The molecule has 1 unspecified atom stereocenters. The van der Waals surface area contributed by atoms with Crippen molar-refractivity contribution >= 4 is 5.65 Å². The van der Waals surface area contributed by atoms with Crippen molar-refractivity contribution in [2.45, 2.75) is 18.6 Å². The molecule has 2 heterocycles. The van der Waals surface area contributed by atoms with E-state index in [4.69, 9.17) is 5.73 Å². The summed E-state index contributed by atoms with van der Waals surface area (Å²) in [6.07, 6.45) is -1.40. The predicted molar refractivity (Wildman–Crippen MR) is 52.9 cm³/mol. The number of aromatic nitrogens is 2. The number of hydrogen-bond acceptors (Lipinski definition) is 2. The van der Waals surface area contributed by atoms with Crippen LogP contribution >= 0.6 is 0 Å². The molecule has 16 heavy (non-hydrogen) atoms. The van der Waals surface area contributed by atoms with E-state index in [0.29, 0.717) is 11.3 Å². The third-order valence-corrected chi connectivity index (χ3v) is 2.26. The monoisotopic (exact) mass is 229 g/mol. The Labute approximate surface area is 89.7 Å². The van der Waals surface area contributed by atoms with Crippen molar-refractivity contribution in [2.24, 2.45) is 5.73 Å². The van der Waals surface area contributed by atoms with E-state index < -0.39 is 12.2 Å². The van der Waals surface area contributed by atoms with Gasteiger partial charge in [0.25, 0.3) is 0 Å². The van der Waals surface area contributed by atoms with Crippen LogP contribution in [0.2, 0.25) is 0 Å². The van der Waals surface area contributed by atoms with Gasteiger partial charge in [-0.05, 0) is 12.1 Å². The summed E-state index contributed by atoms with van der Waals surface area (Å²) in [7, 11) is 0. The molecule has 0 fully saturated rings. The fourth-order valence-electron chi connectivity index (χ4n) is 1.43. The minimum Gasteiger partial charge on any atom is -0.320 e. The van der Waals surface area contributed by atoms with Gasteiger partial charge in [-0.15, -0.1) is 0 Å². The van der Waals surface area contributed by atoms with Gasteiger partial charge < -0.3 is 10.1 Å². The van der Waals surface area contributed by atoms with Crippen LogP contribution in [0.1, 0.15) is 5.69 Å². The van der Waals surface area contributed by atoms with E-state index in [2.05, 4.69) is 4.98 Å². The molecule has 0 aliphatic carbocycles. The average molecular weight is 229 g/mol. The molecule has 0 aliphatic rings. The minimum absolute atomic E-state index is 0.300. The van der Waals surface area contributed by atoms with Crippen molar-refractivity contribution in [3.05, 3.63) is 36.3 Å². The molecular weight excluding hydrogens is 219 g/mol. The maximum atomic E-state index is 12.2. The Bertz CT molecular complexity index is 456. The number of nitrogens with zero attached hydrogens (tertiary/aromatic N) is 2. The smallest absolute Gasteiger partial charge is 0.320 e. The minimum atomic E-state index is -4.38. The topological polar surface area (TPSA) is 43.3 Å². The van der Waals surface area contributed by atoms with Gasteiger partial charge in [0.1, 0.15) is 11.7 Å². The molecule has 2 N–H and O–H groups in total. The lowest BCUT2D eigenvalue weighted by Crippen LogP contribution is -2.39. The second kappa shape index (κ2) is 3.79. The largest absolute Gasteiger partial charge is 0.404 e. The summed E-state index contributed by atoms with van der Waals surface area (Å²) >= 11 is 0. The van der Waals surface area contributed by atoms with Crippen LogP contribution in [0, 0.1) is 0 Å². The SMILES string of the molecule is NC(Cc1cn2ccccc2n1)C(F)(F)F. The van der Waals surface area contributed by atoms with E-state index >= 15 is 0 Å². The van der Waals surface area contributed by atoms with Gasteiger partial charge in [-0.1, -0.05) is 6.07 Å². The number of alkyl halides is 3. The predicted octanol–water partition coefficient (Wildman–Crippen LogP) is 1.77. The van der Waals surface area contributed by atoms with Gasteiger partial charge in [-0.2, -0.15) is 13.2 Å². The van der Waals surface area contributed by atoms with Crippen LogP contribution in [0.3, 0.4) is 0 Å². The third-order valence-electron chi connectivity index (χ3n) is 2.26. The van der Waals surface area contributed by atoms with Crippen molar-refractivity contribution in [3.8, 4) is 0 Å². The van der Waals surface area contributed by atoms with Crippen LogP contribution < -0.4 is 5.73 Å². The molecule has 0 amide bonds. The van der Waals surface area contributed by atoms with Crippen molar-refractivity contribution in [1.82, 2.24) is 9.38 Å².